The Labute approximate surface area is 202 Å². The summed E-state index contributed by atoms with van der Waals surface area (Å²) in [5, 5.41) is 3.35. The minimum atomic E-state index is -4.40. The van der Waals surface area contributed by atoms with Gasteiger partial charge in [-0.1, -0.05) is 17.7 Å². The Morgan fingerprint density at radius 3 is 2.44 bits per heavy atom. The number of benzene rings is 2. The lowest BCUT2D eigenvalue weighted by atomic mass is 9.82. The average molecular weight is 496 g/mol. The van der Waals surface area contributed by atoms with Crippen molar-refractivity contribution >= 4 is 23.3 Å². The summed E-state index contributed by atoms with van der Waals surface area (Å²) in [6.45, 7) is 3.65. The van der Waals surface area contributed by atoms with Gasteiger partial charge in [-0.25, -0.2) is 4.79 Å². The van der Waals surface area contributed by atoms with Crippen molar-refractivity contribution in [3.63, 3.8) is 0 Å². The van der Waals surface area contributed by atoms with Crippen LogP contribution in [0.4, 0.5) is 23.7 Å². The van der Waals surface area contributed by atoms with E-state index >= 15 is 0 Å². The fraction of sp³-hybridized carbons (Fsp3) is 0.480. The van der Waals surface area contributed by atoms with Crippen molar-refractivity contribution in [3.8, 4) is 5.75 Å². The third-order valence-corrected chi connectivity index (χ3v) is 6.81. The van der Waals surface area contributed by atoms with Gasteiger partial charge in [-0.15, -0.1) is 0 Å². The molecule has 2 aliphatic rings. The molecule has 0 atom stereocenters. The summed E-state index contributed by atoms with van der Waals surface area (Å²) < 4.78 is 44.1. The highest BCUT2D eigenvalue weighted by Crippen LogP contribution is 2.34. The second-order valence-corrected chi connectivity index (χ2v) is 9.61. The Morgan fingerprint density at radius 2 is 1.82 bits per heavy atom. The van der Waals surface area contributed by atoms with E-state index in [-0.39, 0.29) is 12.1 Å². The molecule has 2 fully saturated rings. The third kappa shape index (κ3) is 6.36. The monoisotopic (exact) mass is 495 g/mol. The maximum absolute atomic E-state index is 12.7. The number of nitrogens with one attached hydrogen (secondary N) is 1. The third-order valence-electron chi connectivity index (χ3n) is 6.45. The van der Waals surface area contributed by atoms with Crippen LogP contribution in [0.15, 0.2) is 42.5 Å². The van der Waals surface area contributed by atoms with Crippen molar-refractivity contribution in [1.82, 2.24) is 9.80 Å². The van der Waals surface area contributed by atoms with Crippen molar-refractivity contribution in [2.75, 3.05) is 32.0 Å². The zero-order valence-electron chi connectivity index (χ0n) is 19.1. The van der Waals surface area contributed by atoms with E-state index in [0.29, 0.717) is 18.2 Å². The zero-order valence-corrected chi connectivity index (χ0v) is 19.8. The van der Waals surface area contributed by atoms with E-state index in [1.807, 2.05) is 18.2 Å². The summed E-state index contributed by atoms with van der Waals surface area (Å²) in [4.78, 5) is 16.3. The maximum atomic E-state index is 12.7. The normalized spacial score (nSPS) is 20.6. The fourth-order valence-electron chi connectivity index (χ4n) is 4.46. The van der Waals surface area contributed by atoms with Crippen LogP contribution in [-0.2, 0) is 12.7 Å². The lowest BCUT2D eigenvalue weighted by Gasteiger charge is -2.37. The highest BCUT2D eigenvalue weighted by atomic mass is 35.5. The second kappa shape index (κ2) is 10.4. The van der Waals surface area contributed by atoms with Crippen LogP contribution in [0.25, 0.3) is 0 Å². The maximum Gasteiger partial charge on any atom is 0.416 e. The smallest absolute Gasteiger partial charge is 0.416 e. The number of anilines is 1. The predicted octanol–water partition coefficient (Wildman–Crippen LogP) is 6.28. The molecule has 5 nitrogen and oxygen atoms in total. The summed E-state index contributed by atoms with van der Waals surface area (Å²) in [5.41, 5.74) is 0.690. The van der Waals surface area contributed by atoms with Gasteiger partial charge in [-0.2, -0.15) is 13.2 Å². The number of rotatable bonds is 7. The number of carbonyl (C=O) groups is 1. The van der Waals surface area contributed by atoms with Crippen LogP contribution in [0.2, 0.25) is 5.02 Å². The highest BCUT2D eigenvalue weighted by Gasteiger charge is 2.33. The summed E-state index contributed by atoms with van der Waals surface area (Å²) in [6, 6.07) is 9.93. The van der Waals surface area contributed by atoms with E-state index in [0.717, 1.165) is 60.9 Å². The molecular formula is C25H29ClF3N3O2. The van der Waals surface area contributed by atoms with Crippen molar-refractivity contribution in [1.29, 1.82) is 0 Å². The lowest BCUT2D eigenvalue weighted by molar-refractivity contribution is -0.137. The number of halogens is 4. The molecule has 1 aliphatic carbocycles. The van der Waals surface area contributed by atoms with E-state index in [1.54, 1.807) is 11.9 Å². The first-order chi connectivity index (χ1) is 16.2. The average Bonchev–Trinajstić information content (AvgIpc) is 3.27. The number of hydrogen-bond acceptors (Lipinski definition) is 3. The van der Waals surface area contributed by atoms with Gasteiger partial charge in [0.2, 0.25) is 0 Å². The molecule has 1 aliphatic heterocycles. The SMILES string of the molecule is CN(CC1CC(Oc2ccc(CN3CCCC3)c(Cl)c2)C1)C(=O)Nc1ccc(C(F)(F)F)cc1. The molecule has 2 aromatic carbocycles. The lowest BCUT2D eigenvalue weighted by Crippen LogP contribution is -2.43. The molecule has 1 heterocycles. The molecule has 34 heavy (non-hydrogen) atoms. The number of urea groups is 1. The van der Waals surface area contributed by atoms with E-state index in [1.165, 1.54) is 25.0 Å². The molecule has 4 rings (SSSR count). The molecule has 2 aromatic rings. The molecule has 1 saturated heterocycles. The minimum absolute atomic E-state index is 0.0804. The second-order valence-electron chi connectivity index (χ2n) is 9.20. The molecule has 0 aromatic heterocycles. The van der Waals surface area contributed by atoms with Gasteiger partial charge in [0.1, 0.15) is 5.75 Å². The summed E-state index contributed by atoms with van der Waals surface area (Å²) in [5.74, 6) is 1.06. The Balaban J connectivity index is 1.19. The van der Waals surface area contributed by atoms with E-state index in [9.17, 15) is 18.0 Å². The van der Waals surface area contributed by atoms with E-state index in [4.69, 9.17) is 16.3 Å². The number of alkyl halides is 3. The van der Waals surface area contributed by atoms with Gasteiger partial charge in [0.25, 0.3) is 0 Å². The molecule has 9 heteroatoms. The van der Waals surface area contributed by atoms with Crippen LogP contribution < -0.4 is 10.1 Å². The van der Waals surface area contributed by atoms with Crippen LogP contribution in [-0.4, -0.2) is 48.6 Å². The molecule has 1 N–H and O–H groups in total. The van der Waals surface area contributed by atoms with E-state index in [2.05, 4.69) is 10.2 Å². The molecular weight excluding hydrogens is 467 g/mol. The van der Waals surface area contributed by atoms with Crippen LogP contribution in [0, 0.1) is 5.92 Å². The summed E-state index contributed by atoms with van der Waals surface area (Å²) in [7, 11) is 1.67. The Kier molecular flexibility index (Phi) is 7.57. The number of carbonyl (C=O) groups excluding carboxylic acids is 1. The summed E-state index contributed by atoms with van der Waals surface area (Å²) in [6.07, 6.45) is -0.183. The largest absolute Gasteiger partial charge is 0.490 e. The predicted molar refractivity (Wildman–Crippen MR) is 126 cm³/mol. The van der Waals surface area contributed by atoms with E-state index < -0.39 is 11.7 Å². The molecule has 0 unspecified atom stereocenters. The van der Waals surface area contributed by atoms with Gasteiger partial charge < -0.3 is 15.0 Å². The van der Waals surface area contributed by atoms with Gasteiger partial charge in [-0.3, -0.25) is 4.90 Å². The first-order valence-electron chi connectivity index (χ1n) is 11.5. The molecule has 0 bridgehead atoms. The molecule has 2 amide bonds. The zero-order chi connectivity index (χ0) is 24.3. The van der Waals surface area contributed by atoms with Gasteiger partial charge in [0.05, 0.1) is 11.7 Å². The summed E-state index contributed by atoms with van der Waals surface area (Å²) >= 11 is 6.47. The molecule has 184 valence electrons. The van der Waals surface area contributed by atoms with Crippen molar-refractivity contribution in [3.05, 3.63) is 58.6 Å². The first kappa shape index (κ1) is 24.7. The quantitative estimate of drug-likeness (QED) is 0.492. The number of hydrogen-bond donors (Lipinski definition) is 1. The number of ether oxygens (including phenoxy) is 1. The standard InChI is InChI=1S/C25H29ClF3N3O2/c1-31(24(33)30-20-7-5-19(6-8-20)25(27,28)29)15-17-12-22(13-17)34-21-9-4-18(23(26)14-21)16-32-10-2-3-11-32/h4-9,14,17,22H,2-3,10-13,15-16H2,1H3,(H,30,33). The molecule has 0 radical (unpaired) electrons. The Hall–Kier alpha value is -2.45. The van der Waals surface area contributed by atoms with Gasteiger partial charge >= 0.3 is 12.2 Å². The van der Waals surface area contributed by atoms with Crippen molar-refractivity contribution in [2.45, 2.75) is 44.5 Å². The number of nitrogens with zero attached hydrogens (tertiary/aromatic N) is 2. The first-order valence-corrected chi connectivity index (χ1v) is 11.9. The number of amides is 2. The van der Waals surface area contributed by atoms with Crippen LogP contribution >= 0.6 is 11.6 Å². The topological polar surface area (TPSA) is 44.8 Å². The van der Waals surface area contributed by atoms with Crippen molar-refractivity contribution in [2.24, 2.45) is 5.92 Å². The molecule has 0 spiro atoms. The van der Waals surface area contributed by atoms with Crippen LogP contribution in [0.5, 0.6) is 5.75 Å². The van der Waals surface area contributed by atoms with Gasteiger partial charge in [0.15, 0.2) is 0 Å². The Morgan fingerprint density at radius 1 is 1.15 bits per heavy atom. The minimum Gasteiger partial charge on any atom is -0.490 e. The highest BCUT2D eigenvalue weighted by molar-refractivity contribution is 6.31. The van der Waals surface area contributed by atoms with Crippen molar-refractivity contribution < 1.29 is 22.7 Å². The van der Waals surface area contributed by atoms with Gasteiger partial charge in [0, 0.05) is 30.8 Å². The van der Waals surface area contributed by atoms with Crippen LogP contribution in [0.3, 0.4) is 0 Å². The Bertz CT molecular complexity index is 988. The number of likely N-dealkylation sites (tertiary alicyclic amines) is 1. The molecule has 1 saturated carbocycles. The fourth-order valence-corrected chi connectivity index (χ4v) is 4.69. The van der Waals surface area contributed by atoms with Crippen LogP contribution in [0.1, 0.15) is 36.8 Å². The van der Waals surface area contributed by atoms with Gasteiger partial charge in [-0.05, 0) is 86.7 Å².